The van der Waals surface area contributed by atoms with E-state index < -0.39 is 0 Å². The number of aryl methyl sites for hydroxylation is 1. The van der Waals surface area contributed by atoms with Gasteiger partial charge < -0.3 is 14.9 Å². The molecule has 2 rings (SSSR count). The van der Waals surface area contributed by atoms with Crippen molar-refractivity contribution in [2.45, 2.75) is 19.6 Å². The molecule has 1 aromatic carbocycles. The molecular formula is C14H16BrNO2. The molecule has 0 aliphatic rings. The Morgan fingerprint density at radius 1 is 1.33 bits per heavy atom. The number of halogens is 1. The monoisotopic (exact) mass is 309 g/mol. The van der Waals surface area contributed by atoms with E-state index in [2.05, 4.69) is 28.1 Å². The summed E-state index contributed by atoms with van der Waals surface area (Å²) in [5, 5.41) is 0. The summed E-state index contributed by atoms with van der Waals surface area (Å²) in [5.74, 6) is 1.54. The number of ether oxygens (including phenoxy) is 1. The smallest absolute Gasteiger partial charge is 0.129 e. The van der Waals surface area contributed by atoms with Gasteiger partial charge in [0.05, 0.1) is 6.04 Å². The maximum atomic E-state index is 6.21. The summed E-state index contributed by atoms with van der Waals surface area (Å²) in [6.45, 7) is 2.50. The van der Waals surface area contributed by atoms with Crippen LogP contribution in [0.1, 0.15) is 28.7 Å². The Balaban J connectivity index is 2.26. The molecule has 0 radical (unpaired) electrons. The minimum Gasteiger partial charge on any atom is -0.462 e. The zero-order valence-electron chi connectivity index (χ0n) is 10.4. The van der Waals surface area contributed by atoms with Crippen LogP contribution in [-0.2, 0) is 11.3 Å². The number of nitrogens with two attached hydrogens (primary N) is 1. The minimum atomic E-state index is -0.258. The topological polar surface area (TPSA) is 48.4 Å². The van der Waals surface area contributed by atoms with Crippen LogP contribution in [-0.4, -0.2) is 7.11 Å². The molecule has 0 aliphatic carbocycles. The Bertz CT molecular complexity index is 516. The Hall–Kier alpha value is -1.10. The van der Waals surface area contributed by atoms with E-state index >= 15 is 0 Å². The Morgan fingerprint density at radius 2 is 2.11 bits per heavy atom. The van der Waals surface area contributed by atoms with E-state index in [0.29, 0.717) is 6.61 Å². The fourth-order valence-corrected chi connectivity index (χ4v) is 2.52. The normalized spacial score (nSPS) is 12.7. The summed E-state index contributed by atoms with van der Waals surface area (Å²) in [7, 11) is 1.64. The molecule has 0 amide bonds. The van der Waals surface area contributed by atoms with Crippen molar-refractivity contribution in [3.63, 3.8) is 0 Å². The first-order chi connectivity index (χ1) is 8.60. The molecule has 1 heterocycles. The van der Waals surface area contributed by atoms with Gasteiger partial charge in [-0.3, -0.25) is 0 Å². The lowest BCUT2D eigenvalue weighted by Gasteiger charge is -2.11. The van der Waals surface area contributed by atoms with Crippen molar-refractivity contribution in [2.75, 3.05) is 7.11 Å². The molecular weight excluding hydrogens is 294 g/mol. The van der Waals surface area contributed by atoms with Crippen LogP contribution in [0.5, 0.6) is 0 Å². The van der Waals surface area contributed by atoms with Gasteiger partial charge in [-0.1, -0.05) is 22.0 Å². The molecule has 0 fully saturated rings. The predicted octanol–water partition coefficient (Wildman–Crippen LogP) is 3.55. The Kier molecular flexibility index (Phi) is 4.22. The quantitative estimate of drug-likeness (QED) is 0.939. The average Bonchev–Trinajstić information content (AvgIpc) is 2.76. The van der Waals surface area contributed by atoms with Crippen LogP contribution in [0.25, 0.3) is 0 Å². The lowest BCUT2D eigenvalue weighted by atomic mass is 10.0. The zero-order valence-corrected chi connectivity index (χ0v) is 12.0. The maximum Gasteiger partial charge on any atom is 0.129 e. The predicted molar refractivity (Wildman–Crippen MR) is 74.3 cm³/mol. The first kappa shape index (κ1) is 13.3. The van der Waals surface area contributed by atoms with Gasteiger partial charge in [0.25, 0.3) is 0 Å². The summed E-state index contributed by atoms with van der Waals surface area (Å²) in [4.78, 5) is 0. The second-order valence-corrected chi connectivity index (χ2v) is 5.19. The standard InChI is InChI=1S/C14H16BrNO2/c1-9-5-10(7-11(15)6-9)14(16)13-4-3-12(18-13)8-17-2/h3-7,14H,8,16H2,1-2H3. The van der Waals surface area contributed by atoms with Crippen LogP contribution >= 0.6 is 15.9 Å². The minimum absolute atomic E-state index is 0.258. The molecule has 2 N–H and O–H groups in total. The van der Waals surface area contributed by atoms with Crippen molar-refractivity contribution in [3.8, 4) is 0 Å². The molecule has 3 nitrogen and oxygen atoms in total. The van der Waals surface area contributed by atoms with Gasteiger partial charge in [-0.15, -0.1) is 0 Å². The van der Waals surface area contributed by atoms with Crippen molar-refractivity contribution in [1.29, 1.82) is 0 Å². The van der Waals surface area contributed by atoms with Gasteiger partial charge in [-0.2, -0.15) is 0 Å². The molecule has 2 aromatic rings. The van der Waals surface area contributed by atoms with Crippen LogP contribution in [0, 0.1) is 6.92 Å². The molecule has 0 spiro atoms. The van der Waals surface area contributed by atoms with Gasteiger partial charge in [-0.05, 0) is 42.3 Å². The third-order valence-electron chi connectivity index (χ3n) is 2.70. The van der Waals surface area contributed by atoms with E-state index in [0.717, 1.165) is 21.6 Å². The first-order valence-electron chi connectivity index (χ1n) is 5.70. The molecule has 0 saturated heterocycles. The molecule has 18 heavy (non-hydrogen) atoms. The lowest BCUT2D eigenvalue weighted by Crippen LogP contribution is -2.11. The number of methoxy groups -OCH3 is 1. The molecule has 1 aromatic heterocycles. The number of furan rings is 1. The van der Waals surface area contributed by atoms with Crippen molar-refractivity contribution in [2.24, 2.45) is 5.73 Å². The van der Waals surface area contributed by atoms with Crippen LogP contribution < -0.4 is 5.73 Å². The lowest BCUT2D eigenvalue weighted by molar-refractivity contribution is 0.162. The van der Waals surface area contributed by atoms with Crippen LogP contribution in [0.15, 0.2) is 39.2 Å². The van der Waals surface area contributed by atoms with Crippen LogP contribution in [0.2, 0.25) is 0 Å². The van der Waals surface area contributed by atoms with Crippen LogP contribution in [0.4, 0.5) is 0 Å². The van der Waals surface area contributed by atoms with Gasteiger partial charge in [0.2, 0.25) is 0 Å². The van der Waals surface area contributed by atoms with Crippen molar-refractivity contribution < 1.29 is 9.15 Å². The molecule has 0 aliphatic heterocycles. The summed E-state index contributed by atoms with van der Waals surface area (Å²) < 4.78 is 11.7. The van der Waals surface area contributed by atoms with Gasteiger partial charge in [0, 0.05) is 11.6 Å². The van der Waals surface area contributed by atoms with E-state index in [1.807, 2.05) is 25.1 Å². The molecule has 1 atom stereocenters. The fourth-order valence-electron chi connectivity index (χ4n) is 1.89. The van der Waals surface area contributed by atoms with Gasteiger partial charge in [0.1, 0.15) is 18.1 Å². The largest absolute Gasteiger partial charge is 0.462 e. The van der Waals surface area contributed by atoms with Gasteiger partial charge in [-0.25, -0.2) is 0 Å². The summed E-state index contributed by atoms with van der Waals surface area (Å²) in [6, 6.07) is 9.66. The summed E-state index contributed by atoms with van der Waals surface area (Å²) >= 11 is 3.48. The van der Waals surface area contributed by atoms with Crippen molar-refractivity contribution in [1.82, 2.24) is 0 Å². The highest BCUT2D eigenvalue weighted by Crippen LogP contribution is 2.25. The number of hydrogen-bond acceptors (Lipinski definition) is 3. The maximum absolute atomic E-state index is 6.21. The number of rotatable bonds is 4. The van der Waals surface area contributed by atoms with E-state index in [-0.39, 0.29) is 6.04 Å². The first-order valence-corrected chi connectivity index (χ1v) is 6.49. The summed E-state index contributed by atoms with van der Waals surface area (Å²) in [5.41, 5.74) is 8.40. The third-order valence-corrected chi connectivity index (χ3v) is 3.16. The van der Waals surface area contributed by atoms with Crippen LogP contribution in [0.3, 0.4) is 0 Å². The molecule has 0 bridgehead atoms. The highest BCUT2D eigenvalue weighted by Gasteiger charge is 2.14. The molecule has 1 unspecified atom stereocenters. The second-order valence-electron chi connectivity index (χ2n) is 4.28. The highest BCUT2D eigenvalue weighted by atomic mass is 79.9. The molecule has 4 heteroatoms. The Morgan fingerprint density at radius 3 is 2.78 bits per heavy atom. The van der Waals surface area contributed by atoms with E-state index in [9.17, 15) is 0 Å². The average molecular weight is 310 g/mol. The van der Waals surface area contributed by atoms with Gasteiger partial charge in [0.15, 0.2) is 0 Å². The number of hydrogen-bond donors (Lipinski definition) is 1. The molecule has 96 valence electrons. The molecule has 0 saturated carbocycles. The van der Waals surface area contributed by atoms with Crippen molar-refractivity contribution in [3.05, 3.63) is 57.5 Å². The SMILES string of the molecule is COCc1ccc(C(N)c2cc(C)cc(Br)c2)o1. The third kappa shape index (κ3) is 3.02. The number of benzene rings is 1. The summed E-state index contributed by atoms with van der Waals surface area (Å²) in [6.07, 6.45) is 0. The van der Waals surface area contributed by atoms with Crippen molar-refractivity contribution >= 4 is 15.9 Å². The fraction of sp³-hybridized carbons (Fsp3) is 0.286. The Labute approximate surface area is 115 Å². The van der Waals surface area contributed by atoms with E-state index in [1.165, 1.54) is 5.56 Å². The van der Waals surface area contributed by atoms with Gasteiger partial charge >= 0.3 is 0 Å². The highest BCUT2D eigenvalue weighted by molar-refractivity contribution is 9.10. The zero-order chi connectivity index (χ0) is 13.1. The second kappa shape index (κ2) is 5.69. The van der Waals surface area contributed by atoms with E-state index in [4.69, 9.17) is 14.9 Å². The van der Waals surface area contributed by atoms with E-state index in [1.54, 1.807) is 7.11 Å².